The van der Waals surface area contributed by atoms with Crippen LogP contribution in [-0.4, -0.2) is 32.6 Å². The number of hydrogen-bond donors (Lipinski definition) is 1. The molecule has 0 aliphatic rings. The maximum atomic E-state index is 12.3. The molecule has 0 amide bonds. The maximum Gasteiger partial charge on any atom is 0.573 e. The smallest absolute Gasteiger partial charge is 0.406 e. The summed E-state index contributed by atoms with van der Waals surface area (Å²) >= 11 is 5.87. The number of alkyl halides is 3. The highest BCUT2D eigenvalue weighted by molar-refractivity contribution is 7.89. The molecule has 150 valence electrons. The van der Waals surface area contributed by atoms with Crippen molar-refractivity contribution in [1.82, 2.24) is 4.72 Å². The number of hydrogen-bond acceptors (Lipinski definition) is 5. The zero-order valence-electron chi connectivity index (χ0n) is 14.4. The molecule has 0 saturated heterocycles. The van der Waals surface area contributed by atoms with Crippen molar-refractivity contribution in [2.75, 3.05) is 5.75 Å². The molecular formula is C17H15ClF3N3O3S. The third kappa shape index (κ3) is 6.86. The molecule has 0 spiro atoms. The van der Waals surface area contributed by atoms with Crippen LogP contribution >= 0.6 is 11.6 Å². The Morgan fingerprint density at radius 1 is 1.11 bits per heavy atom. The van der Waals surface area contributed by atoms with E-state index in [1.54, 1.807) is 24.3 Å². The SMILES string of the molecule is CCS(=O)(=O)NC=NN=C(c1ccc(Cl)cc1)c1ccc(OC(F)(F)F)cc1. The van der Waals surface area contributed by atoms with E-state index in [4.69, 9.17) is 11.6 Å². The minimum Gasteiger partial charge on any atom is -0.406 e. The largest absolute Gasteiger partial charge is 0.573 e. The summed E-state index contributed by atoms with van der Waals surface area (Å²) in [6.45, 7) is 1.46. The van der Waals surface area contributed by atoms with Gasteiger partial charge in [0.1, 0.15) is 17.8 Å². The summed E-state index contributed by atoms with van der Waals surface area (Å²) in [5.74, 6) is -0.515. The molecule has 2 rings (SSSR count). The van der Waals surface area contributed by atoms with Crippen molar-refractivity contribution in [1.29, 1.82) is 0 Å². The second-order valence-corrected chi connectivity index (χ2v) is 7.77. The van der Waals surface area contributed by atoms with Crippen LogP contribution in [0.15, 0.2) is 58.7 Å². The van der Waals surface area contributed by atoms with Gasteiger partial charge in [-0.15, -0.1) is 23.4 Å². The molecule has 0 bridgehead atoms. The lowest BCUT2D eigenvalue weighted by molar-refractivity contribution is -0.274. The molecule has 1 N–H and O–H groups in total. The second kappa shape index (κ2) is 9.07. The molecule has 28 heavy (non-hydrogen) atoms. The molecule has 0 fully saturated rings. The normalized spacial score (nSPS) is 13.0. The third-order valence-corrected chi connectivity index (χ3v) is 4.78. The summed E-state index contributed by atoms with van der Waals surface area (Å²) in [5.41, 5.74) is 1.30. The van der Waals surface area contributed by atoms with E-state index >= 15 is 0 Å². The van der Waals surface area contributed by atoms with Gasteiger partial charge in [0.15, 0.2) is 0 Å². The van der Waals surface area contributed by atoms with E-state index in [9.17, 15) is 21.6 Å². The first-order valence-electron chi connectivity index (χ1n) is 7.81. The maximum absolute atomic E-state index is 12.3. The molecule has 0 saturated carbocycles. The molecule has 11 heteroatoms. The molecule has 2 aromatic carbocycles. The Hall–Kier alpha value is -2.59. The number of sulfonamides is 1. The predicted octanol–water partition coefficient (Wildman–Crippen LogP) is 3.96. The molecule has 0 atom stereocenters. The number of rotatable bonds is 7. The topological polar surface area (TPSA) is 80.1 Å². The Morgan fingerprint density at radius 2 is 1.64 bits per heavy atom. The molecule has 0 aromatic heterocycles. The van der Waals surface area contributed by atoms with Gasteiger partial charge >= 0.3 is 6.36 Å². The lowest BCUT2D eigenvalue weighted by Gasteiger charge is -2.10. The zero-order chi connectivity index (χ0) is 20.8. The van der Waals surface area contributed by atoms with Crippen LogP contribution in [-0.2, 0) is 10.0 Å². The first kappa shape index (κ1) is 21.7. The van der Waals surface area contributed by atoms with Crippen LogP contribution in [0.5, 0.6) is 5.75 Å². The molecule has 0 aliphatic carbocycles. The Balaban J connectivity index is 2.34. The lowest BCUT2D eigenvalue weighted by Crippen LogP contribution is -2.23. The second-order valence-electron chi connectivity index (χ2n) is 5.29. The summed E-state index contributed by atoms with van der Waals surface area (Å²) in [6, 6.07) is 11.5. The quantitative estimate of drug-likeness (QED) is 0.408. The van der Waals surface area contributed by atoms with E-state index in [0.717, 1.165) is 18.5 Å². The first-order chi connectivity index (χ1) is 13.1. The van der Waals surface area contributed by atoms with Crippen LogP contribution in [0.25, 0.3) is 0 Å². The van der Waals surface area contributed by atoms with Crippen molar-refractivity contribution in [3.8, 4) is 5.75 Å². The number of ether oxygens (including phenoxy) is 1. The Kier molecular flexibility index (Phi) is 7.03. The van der Waals surface area contributed by atoms with Gasteiger partial charge in [-0.1, -0.05) is 23.7 Å². The summed E-state index contributed by atoms with van der Waals surface area (Å²) in [4.78, 5) is 0. The standard InChI is InChI=1S/C17H15ClF3N3O3S/c1-2-28(25,26)23-11-22-24-16(12-3-7-14(18)8-4-12)13-5-9-15(10-6-13)27-17(19,20)21/h3-11H,2H2,1H3,(H,22,23). The number of nitrogens with zero attached hydrogens (tertiary/aromatic N) is 2. The van der Waals surface area contributed by atoms with Crippen LogP contribution in [0, 0.1) is 0 Å². The van der Waals surface area contributed by atoms with Crippen LogP contribution in [0.3, 0.4) is 0 Å². The van der Waals surface area contributed by atoms with Gasteiger partial charge in [-0.2, -0.15) is 0 Å². The molecule has 2 aromatic rings. The molecule has 0 radical (unpaired) electrons. The summed E-state index contributed by atoms with van der Waals surface area (Å²) in [5, 5.41) is 8.16. The minimum atomic E-state index is -4.80. The van der Waals surface area contributed by atoms with Crippen molar-refractivity contribution in [2.45, 2.75) is 13.3 Å². The highest BCUT2D eigenvalue weighted by Crippen LogP contribution is 2.24. The van der Waals surface area contributed by atoms with Crippen LogP contribution in [0.4, 0.5) is 13.2 Å². The molecule has 0 aliphatic heterocycles. The number of benzene rings is 2. The van der Waals surface area contributed by atoms with Gasteiger partial charge in [-0.05, 0) is 43.3 Å². The van der Waals surface area contributed by atoms with Gasteiger partial charge in [0.05, 0.1) is 5.75 Å². The van der Waals surface area contributed by atoms with E-state index in [0.29, 0.717) is 21.9 Å². The molecule has 6 nitrogen and oxygen atoms in total. The molecule has 0 heterocycles. The van der Waals surface area contributed by atoms with Gasteiger partial charge in [0.2, 0.25) is 10.0 Å². The van der Waals surface area contributed by atoms with E-state index in [1.165, 1.54) is 19.1 Å². The third-order valence-electron chi connectivity index (χ3n) is 3.31. The summed E-state index contributed by atoms with van der Waals surface area (Å²) < 4.78 is 65.7. The average Bonchev–Trinajstić information content (AvgIpc) is 2.62. The fourth-order valence-electron chi connectivity index (χ4n) is 1.98. The molecular weight excluding hydrogens is 419 g/mol. The van der Waals surface area contributed by atoms with Crippen LogP contribution < -0.4 is 9.46 Å². The minimum absolute atomic E-state index is 0.132. The lowest BCUT2D eigenvalue weighted by atomic mass is 10.0. The van der Waals surface area contributed by atoms with Gasteiger partial charge in [-0.25, -0.2) is 8.42 Å². The Labute approximate surface area is 164 Å². The van der Waals surface area contributed by atoms with Crippen LogP contribution in [0.1, 0.15) is 18.1 Å². The summed E-state index contributed by atoms with van der Waals surface area (Å²) in [6.07, 6.45) is -3.88. The Morgan fingerprint density at radius 3 is 2.14 bits per heavy atom. The predicted molar refractivity (Wildman–Crippen MR) is 101 cm³/mol. The highest BCUT2D eigenvalue weighted by atomic mass is 35.5. The van der Waals surface area contributed by atoms with Gasteiger partial charge in [0, 0.05) is 16.1 Å². The fourth-order valence-corrected chi connectivity index (χ4v) is 2.48. The van der Waals surface area contributed by atoms with E-state index in [1.807, 2.05) is 0 Å². The van der Waals surface area contributed by atoms with E-state index in [2.05, 4.69) is 19.7 Å². The molecule has 0 unspecified atom stereocenters. The van der Waals surface area contributed by atoms with Crippen molar-refractivity contribution in [3.05, 3.63) is 64.7 Å². The fraction of sp³-hybridized carbons (Fsp3) is 0.176. The number of halogens is 4. The van der Waals surface area contributed by atoms with Crippen molar-refractivity contribution >= 4 is 33.7 Å². The Bertz CT molecular complexity index is 958. The zero-order valence-corrected chi connectivity index (χ0v) is 16.0. The number of nitrogens with one attached hydrogen (secondary N) is 1. The van der Waals surface area contributed by atoms with Gasteiger partial charge in [0.25, 0.3) is 0 Å². The van der Waals surface area contributed by atoms with E-state index < -0.39 is 16.4 Å². The van der Waals surface area contributed by atoms with Crippen molar-refractivity contribution < 1.29 is 26.3 Å². The van der Waals surface area contributed by atoms with E-state index in [-0.39, 0.29) is 11.5 Å². The first-order valence-corrected chi connectivity index (χ1v) is 9.84. The summed E-state index contributed by atoms with van der Waals surface area (Å²) in [7, 11) is -3.48. The van der Waals surface area contributed by atoms with Gasteiger partial charge < -0.3 is 4.74 Å². The van der Waals surface area contributed by atoms with Crippen molar-refractivity contribution in [2.24, 2.45) is 10.2 Å². The van der Waals surface area contributed by atoms with Gasteiger partial charge in [-0.3, -0.25) is 4.72 Å². The monoisotopic (exact) mass is 433 g/mol. The highest BCUT2D eigenvalue weighted by Gasteiger charge is 2.31. The van der Waals surface area contributed by atoms with Crippen molar-refractivity contribution in [3.63, 3.8) is 0 Å². The van der Waals surface area contributed by atoms with Crippen LogP contribution in [0.2, 0.25) is 5.02 Å². The average molecular weight is 434 g/mol.